The number of ether oxygens (including phenoxy) is 1. The molecule has 4 aromatic carbocycles. The number of benzene rings is 4. The summed E-state index contributed by atoms with van der Waals surface area (Å²) in [6.07, 6.45) is 0.378. The zero-order valence-electron chi connectivity index (χ0n) is 25.4. The lowest BCUT2D eigenvalue weighted by atomic mass is 9.88. The molecule has 2 atom stereocenters. The van der Waals surface area contributed by atoms with Crippen LogP contribution >= 0.6 is 0 Å². The molecule has 0 bridgehead atoms. The van der Waals surface area contributed by atoms with E-state index < -0.39 is 18.1 Å². The van der Waals surface area contributed by atoms with Crippen molar-refractivity contribution in [1.29, 1.82) is 0 Å². The first-order valence-electron chi connectivity index (χ1n) is 15.2. The second-order valence-electron chi connectivity index (χ2n) is 11.9. The summed E-state index contributed by atoms with van der Waals surface area (Å²) in [6.45, 7) is 4.52. The number of urea groups is 1. The molecular formula is C37H34N4O4. The zero-order chi connectivity index (χ0) is 31.2. The van der Waals surface area contributed by atoms with Gasteiger partial charge in [-0.25, -0.2) is 9.69 Å². The van der Waals surface area contributed by atoms with E-state index in [1.165, 1.54) is 10.5 Å². The number of fused-ring (bicyclic) bond motifs is 4. The lowest BCUT2D eigenvalue weighted by Crippen LogP contribution is -2.44. The number of nitrogens with one attached hydrogen (secondary N) is 2. The Labute approximate surface area is 261 Å². The fourth-order valence-electron chi connectivity index (χ4n) is 6.69. The van der Waals surface area contributed by atoms with E-state index in [4.69, 9.17) is 4.74 Å². The summed E-state index contributed by atoms with van der Waals surface area (Å²) in [6, 6.07) is 28.9. The van der Waals surface area contributed by atoms with Crippen LogP contribution in [0.25, 0.3) is 10.9 Å². The van der Waals surface area contributed by atoms with Crippen LogP contribution in [0, 0.1) is 0 Å². The van der Waals surface area contributed by atoms with Gasteiger partial charge < -0.3 is 15.0 Å². The Bertz CT molecular complexity index is 1940. The summed E-state index contributed by atoms with van der Waals surface area (Å²) in [7, 11) is 1.58. The number of amides is 4. The predicted molar refractivity (Wildman–Crippen MR) is 173 cm³/mol. The summed E-state index contributed by atoms with van der Waals surface area (Å²) in [5, 5.41) is 3.99. The molecule has 0 spiro atoms. The fourth-order valence-corrected chi connectivity index (χ4v) is 6.69. The van der Waals surface area contributed by atoms with Crippen molar-refractivity contribution in [2.75, 3.05) is 12.0 Å². The molecule has 1 fully saturated rings. The van der Waals surface area contributed by atoms with Gasteiger partial charge in [-0.1, -0.05) is 86.6 Å². The summed E-state index contributed by atoms with van der Waals surface area (Å²) >= 11 is 0. The van der Waals surface area contributed by atoms with Gasteiger partial charge in [-0.3, -0.25) is 14.5 Å². The van der Waals surface area contributed by atoms with Crippen LogP contribution in [0.3, 0.4) is 0 Å². The monoisotopic (exact) mass is 598 g/mol. The van der Waals surface area contributed by atoms with Gasteiger partial charge in [0, 0.05) is 35.1 Å². The van der Waals surface area contributed by atoms with Crippen LogP contribution in [0.5, 0.6) is 5.75 Å². The molecule has 1 unspecified atom stereocenters. The first kappa shape index (κ1) is 28.4. The number of nitrogens with zero attached hydrogens (tertiary/aromatic N) is 2. The molecule has 2 aliphatic heterocycles. The molecule has 0 saturated carbocycles. The van der Waals surface area contributed by atoms with E-state index in [1.807, 2.05) is 42.5 Å². The van der Waals surface area contributed by atoms with Crippen molar-refractivity contribution in [3.05, 3.63) is 131 Å². The Morgan fingerprint density at radius 3 is 2.42 bits per heavy atom. The molecule has 4 amide bonds. The second kappa shape index (κ2) is 11.3. The summed E-state index contributed by atoms with van der Waals surface area (Å²) < 4.78 is 5.43. The normalized spacial score (nSPS) is 17.5. The van der Waals surface area contributed by atoms with Crippen LogP contribution in [0.1, 0.15) is 64.1 Å². The maximum absolute atomic E-state index is 14.4. The third kappa shape index (κ3) is 4.73. The average Bonchev–Trinajstić information content (AvgIpc) is 3.56. The van der Waals surface area contributed by atoms with Crippen molar-refractivity contribution < 1.29 is 19.1 Å². The van der Waals surface area contributed by atoms with Crippen LogP contribution in [-0.4, -0.2) is 40.9 Å². The Kier molecular flexibility index (Phi) is 7.12. The van der Waals surface area contributed by atoms with Crippen molar-refractivity contribution >= 4 is 34.4 Å². The topological polar surface area (TPSA) is 94.7 Å². The molecule has 0 radical (unpaired) electrons. The largest absolute Gasteiger partial charge is 0.496 e. The second-order valence-corrected chi connectivity index (χ2v) is 11.9. The van der Waals surface area contributed by atoms with Crippen molar-refractivity contribution in [3.63, 3.8) is 0 Å². The number of hydrogen-bond acceptors (Lipinski definition) is 4. The van der Waals surface area contributed by atoms with Gasteiger partial charge in [-0.05, 0) is 46.9 Å². The summed E-state index contributed by atoms with van der Waals surface area (Å²) in [5.41, 5.74) is 6.37. The predicted octanol–water partition coefficient (Wildman–Crippen LogP) is 6.71. The number of carbonyl (C=O) groups excluding carboxylic acids is 3. The van der Waals surface area contributed by atoms with Crippen molar-refractivity contribution in [2.45, 2.75) is 44.8 Å². The smallest absolute Gasteiger partial charge is 0.332 e. The number of methoxy groups -OCH3 is 1. The van der Waals surface area contributed by atoms with E-state index in [9.17, 15) is 14.4 Å². The molecule has 226 valence electrons. The number of imide groups is 1. The van der Waals surface area contributed by atoms with E-state index in [-0.39, 0.29) is 29.6 Å². The van der Waals surface area contributed by atoms with Crippen LogP contribution in [0.4, 0.5) is 10.5 Å². The minimum absolute atomic E-state index is 0.226. The highest BCUT2D eigenvalue weighted by Crippen LogP contribution is 2.45. The van der Waals surface area contributed by atoms with Gasteiger partial charge in [0.05, 0.1) is 18.4 Å². The van der Waals surface area contributed by atoms with E-state index in [2.05, 4.69) is 54.5 Å². The SMILES string of the molecule is COc1ccccc1CNC(=O)c1ccccc1N1C(=O)[C@@H]2Cc3c([nH]c4ccccc34)C(c3ccc(C(C)C)cc3)N2C1=O. The van der Waals surface area contributed by atoms with Crippen LogP contribution in [0.2, 0.25) is 0 Å². The molecule has 8 heteroatoms. The highest BCUT2D eigenvalue weighted by molar-refractivity contribution is 6.24. The minimum atomic E-state index is -0.719. The van der Waals surface area contributed by atoms with E-state index >= 15 is 0 Å². The van der Waals surface area contributed by atoms with Crippen molar-refractivity contribution in [3.8, 4) is 5.75 Å². The number of carbonyl (C=O) groups is 3. The molecule has 1 saturated heterocycles. The van der Waals surface area contributed by atoms with Crippen LogP contribution < -0.4 is 15.0 Å². The van der Waals surface area contributed by atoms with Gasteiger partial charge in [0.1, 0.15) is 17.8 Å². The highest BCUT2D eigenvalue weighted by Gasteiger charge is 2.53. The number of hydrogen-bond donors (Lipinski definition) is 2. The third-order valence-electron chi connectivity index (χ3n) is 8.99. The van der Waals surface area contributed by atoms with Gasteiger partial charge in [-0.15, -0.1) is 0 Å². The molecule has 5 aromatic rings. The first-order chi connectivity index (χ1) is 21.9. The number of anilines is 1. The number of rotatable bonds is 7. The van der Waals surface area contributed by atoms with Crippen LogP contribution in [-0.2, 0) is 17.8 Å². The third-order valence-corrected chi connectivity index (χ3v) is 8.99. The summed E-state index contributed by atoms with van der Waals surface area (Å²) in [5.74, 6) is 0.290. The lowest BCUT2D eigenvalue weighted by molar-refractivity contribution is -0.120. The Hall–Kier alpha value is -5.37. The maximum Gasteiger partial charge on any atom is 0.332 e. The number of aromatic nitrogens is 1. The van der Waals surface area contributed by atoms with E-state index in [1.54, 1.807) is 36.3 Å². The molecule has 3 heterocycles. The molecule has 1 aromatic heterocycles. The standard InChI is InChI=1S/C37H34N4O4/c1-22(2)23-16-18-24(19-17-23)34-33-28(26-11-5-7-13-29(26)39-33)20-31-36(43)41(37(44)40(31)34)30-14-8-6-12-27(30)35(42)38-21-25-10-4-9-15-32(25)45-3/h4-19,22,31,34,39H,20-21H2,1-3H3,(H,38,42)/t31-,34?/m0/s1. The van der Waals surface area contributed by atoms with Crippen LogP contribution in [0.15, 0.2) is 97.1 Å². The number of aromatic amines is 1. The molecule has 2 aliphatic rings. The van der Waals surface area contributed by atoms with Gasteiger partial charge in [0.25, 0.3) is 11.8 Å². The number of H-pyrrole nitrogens is 1. The highest BCUT2D eigenvalue weighted by atomic mass is 16.5. The maximum atomic E-state index is 14.4. The molecule has 0 aliphatic carbocycles. The molecule has 45 heavy (non-hydrogen) atoms. The average molecular weight is 599 g/mol. The summed E-state index contributed by atoms with van der Waals surface area (Å²) in [4.78, 5) is 48.7. The van der Waals surface area contributed by atoms with Gasteiger partial charge >= 0.3 is 6.03 Å². The minimum Gasteiger partial charge on any atom is -0.496 e. The zero-order valence-corrected chi connectivity index (χ0v) is 25.4. The van der Waals surface area contributed by atoms with Gasteiger partial charge in [0.15, 0.2) is 0 Å². The van der Waals surface area contributed by atoms with Crippen molar-refractivity contribution in [2.24, 2.45) is 0 Å². The quantitative estimate of drug-likeness (QED) is 0.204. The van der Waals surface area contributed by atoms with Gasteiger partial charge in [-0.2, -0.15) is 0 Å². The Morgan fingerprint density at radius 2 is 1.64 bits per heavy atom. The fraction of sp³-hybridized carbons (Fsp3) is 0.216. The Morgan fingerprint density at radius 1 is 0.933 bits per heavy atom. The van der Waals surface area contributed by atoms with E-state index in [0.717, 1.165) is 33.3 Å². The number of para-hydroxylation sites is 3. The lowest BCUT2D eigenvalue weighted by Gasteiger charge is -2.36. The molecule has 2 N–H and O–H groups in total. The van der Waals surface area contributed by atoms with E-state index in [0.29, 0.717) is 18.1 Å². The van der Waals surface area contributed by atoms with Crippen molar-refractivity contribution in [1.82, 2.24) is 15.2 Å². The van der Waals surface area contributed by atoms with Gasteiger partial charge in [0.2, 0.25) is 0 Å². The first-order valence-corrected chi connectivity index (χ1v) is 15.2. The molecular weight excluding hydrogens is 564 g/mol. The Balaban J connectivity index is 1.27. The molecule has 8 nitrogen and oxygen atoms in total. The molecule has 7 rings (SSSR count).